The molecular weight excluding hydrogens is 470 g/mol. The van der Waals surface area contributed by atoms with E-state index < -0.39 is 0 Å². The average molecular weight is 500 g/mol. The van der Waals surface area contributed by atoms with Gasteiger partial charge in [-0.3, -0.25) is 15.1 Å². The van der Waals surface area contributed by atoms with Crippen molar-refractivity contribution in [2.75, 3.05) is 0 Å². The van der Waals surface area contributed by atoms with Crippen molar-refractivity contribution in [2.24, 2.45) is 5.92 Å². The van der Waals surface area contributed by atoms with Crippen LogP contribution in [0.15, 0.2) is 98.0 Å². The highest BCUT2D eigenvalue weighted by atomic mass is 15.2. The number of hydrogen-bond donors (Lipinski definition) is 3. The summed E-state index contributed by atoms with van der Waals surface area (Å²) in [5, 5.41) is 13.1. The summed E-state index contributed by atoms with van der Waals surface area (Å²) in [6, 6.07) is 8.22. The zero-order valence-corrected chi connectivity index (χ0v) is 21.3. The number of H-pyrrole nitrogens is 2. The van der Waals surface area contributed by atoms with Crippen LogP contribution >= 0.6 is 0 Å². The molecule has 0 spiro atoms. The fourth-order valence-electron chi connectivity index (χ4n) is 4.89. The molecule has 3 N–H and O–H groups in total. The van der Waals surface area contributed by atoms with E-state index in [1.807, 2.05) is 49.9 Å². The molecule has 0 unspecified atom stereocenters. The lowest BCUT2D eigenvalue weighted by Gasteiger charge is -2.28. The lowest BCUT2D eigenvalue weighted by Crippen LogP contribution is -2.23. The van der Waals surface area contributed by atoms with E-state index in [1.54, 1.807) is 6.20 Å². The van der Waals surface area contributed by atoms with Crippen molar-refractivity contribution in [1.82, 2.24) is 35.5 Å². The first kappa shape index (κ1) is 23.6. The smallest absolute Gasteiger partial charge is 0.181 e. The molecule has 0 aliphatic heterocycles. The molecule has 5 heterocycles. The molecule has 5 aromatic rings. The van der Waals surface area contributed by atoms with E-state index in [0.29, 0.717) is 11.6 Å². The van der Waals surface area contributed by atoms with Crippen LogP contribution in [-0.2, 0) is 0 Å². The van der Waals surface area contributed by atoms with Crippen LogP contribution in [0.5, 0.6) is 0 Å². The molecule has 7 nitrogen and oxygen atoms in total. The topological polar surface area (TPSA) is 95.2 Å². The first-order chi connectivity index (χ1) is 18.6. The summed E-state index contributed by atoms with van der Waals surface area (Å²) in [6.07, 6.45) is 18.9. The van der Waals surface area contributed by atoms with Crippen LogP contribution in [0.2, 0.25) is 0 Å². The maximum absolute atomic E-state index is 4.65. The largest absolute Gasteiger partial charge is 0.359 e. The van der Waals surface area contributed by atoms with Gasteiger partial charge in [0.15, 0.2) is 5.65 Å². The van der Waals surface area contributed by atoms with Crippen molar-refractivity contribution in [3.63, 3.8) is 0 Å². The summed E-state index contributed by atoms with van der Waals surface area (Å²) >= 11 is 0. The fourth-order valence-corrected chi connectivity index (χ4v) is 4.89. The van der Waals surface area contributed by atoms with Crippen LogP contribution in [0.25, 0.3) is 50.0 Å². The van der Waals surface area contributed by atoms with Crippen LogP contribution < -0.4 is 5.32 Å². The Morgan fingerprint density at radius 1 is 1.11 bits per heavy atom. The predicted molar refractivity (Wildman–Crippen MR) is 154 cm³/mol. The predicted octanol–water partition coefficient (Wildman–Crippen LogP) is 6.94. The Hall–Kier alpha value is -4.78. The van der Waals surface area contributed by atoms with Crippen molar-refractivity contribution in [3.8, 4) is 22.5 Å². The Kier molecular flexibility index (Phi) is 6.17. The summed E-state index contributed by atoms with van der Waals surface area (Å²) < 4.78 is 0. The molecule has 188 valence electrons. The highest BCUT2D eigenvalue weighted by Crippen LogP contribution is 2.34. The minimum atomic E-state index is 0.545. The molecule has 38 heavy (non-hydrogen) atoms. The molecule has 0 amide bonds. The highest BCUT2D eigenvalue weighted by molar-refractivity contribution is 6.00. The van der Waals surface area contributed by atoms with Gasteiger partial charge in [-0.05, 0) is 61.6 Å². The Morgan fingerprint density at radius 2 is 2.00 bits per heavy atom. The van der Waals surface area contributed by atoms with Gasteiger partial charge in [-0.1, -0.05) is 31.7 Å². The third-order valence-electron chi connectivity index (χ3n) is 7.28. The van der Waals surface area contributed by atoms with Crippen molar-refractivity contribution in [1.29, 1.82) is 0 Å². The third-order valence-corrected chi connectivity index (χ3v) is 7.28. The van der Waals surface area contributed by atoms with E-state index in [2.05, 4.69) is 72.9 Å². The number of allylic oxidation sites excluding steroid dienone is 5. The van der Waals surface area contributed by atoms with Gasteiger partial charge in [-0.2, -0.15) is 5.10 Å². The van der Waals surface area contributed by atoms with Gasteiger partial charge in [0, 0.05) is 63.6 Å². The van der Waals surface area contributed by atoms with E-state index in [9.17, 15) is 0 Å². The quantitative estimate of drug-likeness (QED) is 0.201. The minimum Gasteiger partial charge on any atom is -0.359 e. The Morgan fingerprint density at radius 3 is 2.74 bits per heavy atom. The molecule has 6 rings (SSSR count). The van der Waals surface area contributed by atoms with E-state index >= 15 is 0 Å². The summed E-state index contributed by atoms with van der Waals surface area (Å²) in [5.41, 5.74) is 9.45. The second-order valence-electron chi connectivity index (χ2n) is 9.59. The maximum Gasteiger partial charge on any atom is 0.181 e. The van der Waals surface area contributed by atoms with Crippen molar-refractivity contribution < 1.29 is 0 Å². The Balaban J connectivity index is 1.37. The SMILES string of the molecule is C=C/C(=C\C(=C/C)c1cnc2n[nH]c(-c3cc4c(-c5cccnc5)cncc4[nH]3)c2c1)NC(=C)C1CCC1. The maximum atomic E-state index is 4.65. The molecule has 1 fully saturated rings. The van der Waals surface area contributed by atoms with Crippen LogP contribution in [0.4, 0.5) is 0 Å². The van der Waals surface area contributed by atoms with E-state index in [4.69, 9.17) is 0 Å². The lowest BCUT2D eigenvalue weighted by molar-refractivity contribution is 0.356. The molecule has 0 radical (unpaired) electrons. The fraction of sp³-hybridized carbons (Fsp3) is 0.161. The molecule has 7 heteroatoms. The van der Waals surface area contributed by atoms with Crippen molar-refractivity contribution in [2.45, 2.75) is 26.2 Å². The molecular formula is C31H29N7. The van der Waals surface area contributed by atoms with Crippen molar-refractivity contribution in [3.05, 3.63) is 104 Å². The summed E-state index contributed by atoms with van der Waals surface area (Å²) in [7, 11) is 0. The number of rotatable bonds is 8. The Bertz CT molecular complexity index is 1720. The van der Waals surface area contributed by atoms with Crippen LogP contribution in [-0.4, -0.2) is 30.1 Å². The van der Waals surface area contributed by atoms with Crippen LogP contribution in [0.3, 0.4) is 0 Å². The second-order valence-corrected chi connectivity index (χ2v) is 9.59. The molecule has 0 aromatic carbocycles. The number of hydrogen-bond acceptors (Lipinski definition) is 5. The number of aromatic amines is 2. The molecule has 1 aliphatic rings. The van der Waals surface area contributed by atoms with Gasteiger partial charge < -0.3 is 10.3 Å². The number of nitrogens with one attached hydrogen (secondary N) is 3. The molecule has 1 saturated carbocycles. The first-order valence-corrected chi connectivity index (χ1v) is 12.8. The van der Waals surface area contributed by atoms with Gasteiger partial charge in [-0.15, -0.1) is 0 Å². The van der Waals surface area contributed by atoms with Crippen LogP contribution in [0.1, 0.15) is 31.7 Å². The lowest BCUT2D eigenvalue weighted by atomic mass is 9.83. The normalized spacial score (nSPS) is 14.6. The number of pyridine rings is 3. The Labute approximate surface area is 221 Å². The first-order valence-electron chi connectivity index (χ1n) is 12.8. The molecule has 1 aliphatic carbocycles. The van der Waals surface area contributed by atoms with Gasteiger partial charge in [0.05, 0.1) is 23.1 Å². The molecule has 0 atom stereocenters. The standard InChI is InChI=1S/C31H29N7/c1-4-20(12-24(5-2)35-19(3)21-8-6-9-21)23-13-26-30(37-38-31(26)34-16-23)28-14-25-27(17-33-18-29(25)36-28)22-10-7-11-32-15-22/h4-5,7,10-18,21,35-36H,2-3,6,8-9H2,1H3,(H,34,37,38)/b20-4+,24-12+. The molecule has 0 saturated heterocycles. The highest BCUT2D eigenvalue weighted by Gasteiger charge is 2.21. The van der Waals surface area contributed by atoms with E-state index in [0.717, 1.165) is 61.3 Å². The zero-order valence-electron chi connectivity index (χ0n) is 21.3. The monoisotopic (exact) mass is 499 g/mol. The van der Waals surface area contributed by atoms with Gasteiger partial charge >= 0.3 is 0 Å². The summed E-state index contributed by atoms with van der Waals surface area (Å²) in [4.78, 5) is 16.9. The van der Waals surface area contributed by atoms with Gasteiger partial charge in [-0.25, -0.2) is 4.98 Å². The zero-order chi connectivity index (χ0) is 26.1. The molecule has 5 aromatic heterocycles. The van der Waals surface area contributed by atoms with E-state index in [-0.39, 0.29) is 0 Å². The van der Waals surface area contributed by atoms with Gasteiger partial charge in [0.25, 0.3) is 0 Å². The van der Waals surface area contributed by atoms with Gasteiger partial charge in [0.1, 0.15) is 0 Å². The second kappa shape index (κ2) is 9.94. The third kappa shape index (κ3) is 4.32. The summed E-state index contributed by atoms with van der Waals surface area (Å²) in [5.74, 6) is 0.545. The average Bonchev–Trinajstić information content (AvgIpc) is 3.54. The van der Waals surface area contributed by atoms with Gasteiger partial charge in [0.2, 0.25) is 0 Å². The number of fused-ring (bicyclic) bond motifs is 2. The van der Waals surface area contributed by atoms with E-state index in [1.165, 1.54) is 19.3 Å². The van der Waals surface area contributed by atoms with Crippen molar-refractivity contribution >= 4 is 27.5 Å². The number of nitrogens with zero attached hydrogens (tertiary/aromatic N) is 4. The van der Waals surface area contributed by atoms with Crippen LogP contribution in [0, 0.1) is 5.92 Å². The summed E-state index contributed by atoms with van der Waals surface area (Å²) in [6.45, 7) is 10.3. The number of aromatic nitrogens is 6. The molecule has 0 bridgehead atoms. The minimum absolute atomic E-state index is 0.545.